The third kappa shape index (κ3) is 5.58. The van der Waals surface area contributed by atoms with Gasteiger partial charge in [-0.25, -0.2) is 8.42 Å². The van der Waals surface area contributed by atoms with Gasteiger partial charge >= 0.3 is 0 Å². The molecule has 9 nitrogen and oxygen atoms in total. The molecule has 178 valence electrons. The minimum Gasteiger partial charge on any atom is -0.494 e. The highest BCUT2D eigenvalue weighted by molar-refractivity contribution is 7.89. The van der Waals surface area contributed by atoms with Crippen molar-refractivity contribution >= 4 is 15.9 Å². The van der Waals surface area contributed by atoms with E-state index < -0.39 is 16.1 Å². The molecule has 2 aliphatic rings. The number of nitrogens with zero attached hydrogens (tertiary/aromatic N) is 2. The average molecular weight is 476 g/mol. The van der Waals surface area contributed by atoms with Gasteiger partial charge in [0.05, 0.1) is 17.5 Å². The number of amides is 1. The van der Waals surface area contributed by atoms with E-state index in [9.17, 15) is 13.2 Å². The van der Waals surface area contributed by atoms with E-state index in [1.807, 2.05) is 25.1 Å². The normalized spacial score (nSPS) is 17.1. The first-order valence-electron chi connectivity index (χ1n) is 11.0. The summed E-state index contributed by atoms with van der Waals surface area (Å²) in [6, 6.07) is 11.2. The highest BCUT2D eigenvalue weighted by Crippen LogP contribution is 2.32. The summed E-state index contributed by atoms with van der Waals surface area (Å²) >= 11 is 0. The molecule has 0 bridgehead atoms. The standard InChI is InChI=1S/C23H29N3O6S/c1-3-30-19-5-7-20(8-6-19)33(28,29)24-17(2)23(27)26-12-10-25(11-13-26)15-18-4-9-21-22(14-18)32-16-31-21/h4-9,14,17,24H,3,10-13,15-16H2,1-2H3/t17-/m1/s1. The molecule has 2 aromatic rings. The summed E-state index contributed by atoms with van der Waals surface area (Å²) in [6.07, 6.45) is 0. The minimum absolute atomic E-state index is 0.0964. The Kier molecular flexibility index (Phi) is 7.06. The minimum atomic E-state index is -3.82. The van der Waals surface area contributed by atoms with E-state index in [-0.39, 0.29) is 17.6 Å². The fourth-order valence-corrected chi connectivity index (χ4v) is 5.13. The highest BCUT2D eigenvalue weighted by Gasteiger charge is 2.28. The van der Waals surface area contributed by atoms with Crippen molar-refractivity contribution in [2.45, 2.75) is 31.3 Å². The molecule has 0 unspecified atom stereocenters. The first kappa shape index (κ1) is 23.3. The molecule has 0 radical (unpaired) electrons. The molecule has 1 fully saturated rings. The van der Waals surface area contributed by atoms with Crippen LogP contribution in [0.25, 0.3) is 0 Å². The summed E-state index contributed by atoms with van der Waals surface area (Å²) in [7, 11) is -3.82. The number of hydrogen-bond acceptors (Lipinski definition) is 7. The number of sulfonamides is 1. The van der Waals surface area contributed by atoms with Crippen LogP contribution in [0, 0.1) is 0 Å². The smallest absolute Gasteiger partial charge is 0.241 e. The largest absolute Gasteiger partial charge is 0.494 e. The summed E-state index contributed by atoms with van der Waals surface area (Å²) in [5.41, 5.74) is 1.12. The second-order valence-electron chi connectivity index (χ2n) is 8.04. The van der Waals surface area contributed by atoms with Crippen LogP contribution in [-0.2, 0) is 21.4 Å². The number of fused-ring (bicyclic) bond motifs is 1. The second kappa shape index (κ2) is 9.98. The monoisotopic (exact) mass is 475 g/mol. The Morgan fingerprint density at radius 3 is 2.45 bits per heavy atom. The third-order valence-electron chi connectivity index (χ3n) is 5.67. The first-order chi connectivity index (χ1) is 15.9. The van der Waals surface area contributed by atoms with E-state index in [0.29, 0.717) is 38.5 Å². The van der Waals surface area contributed by atoms with Gasteiger partial charge in [0.25, 0.3) is 0 Å². The van der Waals surface area contributed by atoms with Gasteiger partial charge in [-0.2, -0.15) is 4.72 Å². The summed E-state index contributed by atoms with van der Waals surface area (Å²) in [5, 5.41) is 0. The van der Waals surface area contributed by atoms with Gasteiger partial charge in [0.15, 0.2) is 11.5 Å². The Bertz CT molecular complexity index is 1080. The molecule has 2 heterocycles. The Morgan fingerprint density at radius 2 is 1.76 bits per heavy atom. The molecule has 4 rings (SSSR count). The Labute approximate surface area is 194 Å². The Balaban J connectivity index is 1.28. The first-order valence-corrected chi connectivity index (χ1v) is 12.5. The molecule has 1 amide bonds. The fourth-order valence-electron chi connectivity index (χ4n) is 3.93. The molecular weight excluding hydrogens is 446 g/mol. The van der Waals surface area contributed by atoms with Crippen molar-refractivity contribution < 1.29 is 27.4 Å². The van der Waals surface area contributed by atoms with E-state index in [2.05, 4.69) is 9.62 Å². The van der Waals surface area contributed by atoms with E-state index in [1.165, 1.54) is 12.1 Å². The van der Waals surface area contributed by atoms with Crippen molar-refractivity contribution in [3.8, 4) is 17.2 Å². The van der Waals surface area contributed by atoms with Gasteiger partial charge in [0.1, 0.15) is 5.75 Å². The number of nitrogens with one attached hydrogen (secondary N) is 1. The highest BCUT2D eigenvalue weighted by atomic mass is 32.2. The molecule has 10 heteroatoms. The van der Waals surface area contributed by atoms with Crippen molar-refractivity contribution in [2.24, 2.45) is 0 Å². The summed E-state index contributed by atoms with van der Waals surface area (Å²) < 4.78 is 44.0. The number of benzene rings is 2. The van der Waals surface area contributed by atoms with E-state index in [4.69, 9.17) is 14.2 Å². The van der Waals surface area contributed by atoms with Crippen molar-refractivity contribution in [1.82, 2.24) is 14.5 Å². The maximum atomic E-state index is 12.9. The molecule has 0 saturated carbocycles. The number of hydrogen-bond donors (Lipinski definition) is 1. The zero-order chi connectivity index (χ0) is 23.4. The lowest BCUT2D eigenvalue weighted by Crippen LogP contribution is -2.53. The maximum Gasteiger partial charge on any atom is 0.241 e. The van der Waals surface area contributed by atoms with Crippen LogP contribution in [0.2, 0.25) is 0 Å². The number of ether oxygens (including phenoxy) is 3. The molecule has 1 saturated heterocycles. The van der Waals surface area contributed by atoms with E-state index >= 15 is 0 Å². The van der Waals surface area contributed by atoms with Gasteiger partial charge in [-0.1, -0.05) is 6.07 Å². The molecule has 1 atom stereocenters. The van der Waals surface area contributed by atoms with Crippen molar-refractivity contribution in [2.75, 3.05) is 39.6 Å². The number of carbonyl (C=O) groups is 1. The molecule has 33 heavy (non-hydrogen) atoms. The van der Waals surface area contributed by atoms with Gasteiger partial charge in [0, 0.05) is 32.7 Å². The number of carbonyl (C=O) groups excluding carboxylic acids is 1. The van der Waals surface area contributed by atoms with Crippen LogP contribution < -0.4 is 18.9 Å². The molecule has 0 aromatic heterocycles. The van der Waals surface area contributed by atoms with Crippen LogP contribution in [-0.4, -0.2) is 69.7 Å². The lowest BCUT2D eigenvalue weighted by atomic mass is 10.1. The summed E-state index contributed by atoms with van der Waals surface area (Å²) in [4.78, 5) is 16.9. The molecule has 2 aliphatic heterocycles. The SMILES string of the molecule is CCOc1ccc(S(=O)(=O)N[C@H](C)C(=O)N2CCN(Cc3ccc4c(c3)OCO4)CC2)cc1. The van der Waals surface area contributed by atoms with Crippen molar-refractivity contribution in [3.63, 3.8) is 0 Å². The lowest BCUT2D eigenvalue weighted by Gasteiger charge is -2.36. The Morgan fingerprint density at radius 1 is 1.06 bits per heavy atom. The van der Waals surface area contributed by atoms with Crippen LogP contribution >= 0.6 is 0 Å². The molecule has 0 aliphatic carbocycles. The average Bonchev–Trinajstić information content (AvgIpc) is 3.27. The maximum absolute atomic E-state index is 12.9. The molecule has 2 aromatic carbocycles. The number of piperazine rings is 1. The fraction of sp³-hybridized carbons (Fsp3) is 0.435. The van der Waals surface area contributed by atoms with Crippen molar-refractivity contribution in [3.05, 3.63) is 48.0 Å². The zero-order valence-electron chi connectivity index (χ0n) is 18.8. The van der Waals surface area contributed by atoms with Crippen molar-refractivity contribution in [1.29, 1.82) is 0 Å². The number of rotatable bonds is 8. The van der Waals surface area contributed by atoms with Gasteiger partial charge in [-0.3, -0.25) is 9.69 Å². The van der Waals surface area contributed by atoms with Crippen LogP contribution in [0.1, 0.15) is 19.4 Å². The van der Waals surface area contributed by atoms with Crippen LogP contribution in [0.3, 0.4) is 0 Å². The molecular formula is C23H29N3O6S. The summed E-state index contributed by atoms with van der Waals surface area (Å²) in [6.45, 7) is 7.43. The topological polar surface area (TPSA) is 97.4 Å². The quantitative estimate of drug-likeness (QED) is 0.622. The zero-order valence-corrected chi connectivity index (χ0v) is 19.6. The molecule has 1 N–H and O–H groups in total. The Hall–Kier alpha value is -2.82. The predicted molar refractivity (Wildman–Crippen MR) is 122 cm³/mol. The van der Waals surface area contributed by atoms with Crippen LogP contribution in [0.15, 0.2) is 47.4 Å². The van der Waals surface area contributed by atoms with E-state index in [1.54, 1.807) is 24.0 Å². The third-order valence-corrected chi connectivity index (χ3v) is 7.23. The molecule has 0 spiro atoms. The second-order valence-corrected chi connectivity index (χ2v) is 9.75. The van der Waals surface area contributed by atoms with Crippen LogP contribution in [0.5, 0.6) is 17.2 Å². The van der Waals surface area contributed by atoms with Gasteiger partial charge in [-0.15, -0.1) is 0 Å². The van der Waals surface area contributed by atoms with Gasteiger partial charge in [0.2, 0.25) is 22.7 Å². The van der Waals surface area contributed by atoms with Gasteiger partial charge < -0.3 is 19.1 Å². The summed E-state index contributed by atoms with van der Waals surface area (Å²) in [5.74, 6) is 1.89. The van der Waals surface area contributed by atoms with E-state index in [0.717, 1.165) is 23.6 Å². The van der Waals surface area contributed by atoms with Gasteiger partial charge in [-0.05, 0) is 55.8 Å². The van der Waals surface area contributed by atoms with Crippen LogP contribution in [0.4, 0.5) is 0 Å². The lowest BCUT2D eigenvalue weighted by molar-refractivity contribution is -0.134. The predicted octanol–water partition coefficient (Wildman–Crippen LogP) is 1.83.